The summed E-state index contributed by atoms with van der Waals surface area (Å²) in [5.41, 5.74) is 0.174. The highest BCUT2D eigenvalue weighted by Crippen LogP contribution is 2.43. The Balaban J connectivity index is 2.12. The largest absolute Gasteiger partial charge is 0.505 e. The third-order valence-electron chi connectivity index (χ3n) is 3.98. The smallest absolute Gasteiger partial charge is 0.248 e. The zero-order chi connectivity index (χ0) is 14.2. The molecule has 0 aliphatic heterocycles. The summed E-state index contributed by atoms with van der Waals surface area (Å²) in [6, 6.07) is 2.44. The first-order valence-electron chi connectivity index (χ1n) is 6.35. The Kier molecular flexibility index (Phi) is 3.74. The van der Waals surface area contributed by atoms with Gasteiger partial charge in [-0.15, -0.1) is 0 Å². The van der Waals surface area contributed by atoms with E-state index < -0.39 is 29.2 Å². The first-order valence-corrected chi connectivity index (χ1v) is 6.35. The monoisotopic (exact) mass is 276 g/mol. The van der Waals surface area contributed by atoms with Crippen LogP contribution in [-0.2, 0) is 0 Å². The van der Waals surface area contributed by atoms with Crippen molar-refractivity contribution in [3.05, 3.63) is 29.3 Å². The van der Waals surface area contributed by atoms with Crippen molar-refractivity contribution in [1.82, 2.24) is 0 Å². The van der Waals surface area contributed by atoms with Crippen molar-refractivity contribution >= 4 is 0 Å². The predicted octanol–water partition coefficient (Wildman–Crippen LogP) is 4.60. The topological polar surface area (TPSA) is 20.2 Å². The molecule has 1 N–H and O–H groups in total. The van der Waals surface area contributed by atoms with Crippen LogP contribution in [0, 0.1) is 17.6 Å². The number of benzene rings is 1. The lowest BCUT2D eigenvalue weighted by Gasteiger charge is -2.32. The average molecular weight is 276 g/mol. The quantitative estimate of drug-likeness (QED) is 0.783. The molecule has 0 aromatic heterocycles. The summed E-state index contributed by atoms with van der Waals surface area (Å²) in [4.78, 5) is 0. The molecule has 1 fully saturated rings. The fourth-order valence-corrected chi connectivity index (χ4v) is 2.78. The summed E-state index contributed by atoms with van der Waals surface area (Å²) in [5, 5.41) is 9.06. The molecule has 0 heterocycles. The van der Waals surface area contributed by atoms with Gasteiger partial charge >= 0.3 is 0 Å². The SMILES string of the molecule is CC(F)(F)C1CCC(c2ccc(O)c(F)c2F)CC1. The van der Waals surface area contributed by atoms with Crippen LogP contribution in [0.2, 0.25) is 0 Å². The van der Waals surface area contributed by atoms with Crippen LogP contribution in [0.3, 0.4) is 0 Å². The molecule has 5 heteroatoms. The maximum atomic E-state index is 13.7. The van der Waals surface area contributed by atoms with Crippen molar-refractivity contribution in [2.75, 3.05) is 0 Å². The highest BCUT2D eigenvalue weighted by atomic mass is 19.3. The van der Waals surface area contributed by atoms with Crippen LogP contribution in [0.25, 0.3) is 0 Å². The van der Waals surface area contributed by atoms with Crippen molar-refractivity contribution in [2.24, 2.45) is 5.92 Å². The van der Waals surface area contributed by atoms with Crippen molar-refractivity contribution < 1.29 is 22.7 Å². The molecule has 1 aliphatic rings. The molecule has 0 amide bonds. The van der Waals surface area contributed by atoms with Crippen LogP contribution in [0.5, 0.6) is 5.75 Å². The first-order chi connectivity index (χ1) is 8.80. The molecule has 1 aliphatic carbocycles. The van der Waals surface area contributed by atoms with Gasteiger partial charge in [-0.05, 0) is 50.2 Å². The van der Waals surface area contributed by atoms with E-state index in [-0.39, 0.29) is 11.5 Å². The lowest BCUT2D eigenvalue weighted by Crippen LogP contribution is -2.28. The van der Waals surface area contributed by atoms with E-state index in [0.717, 1.165) is 13.0 Å². The maximum Gasteiger partial charge on any atom is 0.248 e. The number of aromatic hydroxyl groups is 1. The second kappa shape index (κ2) is 5.02. The molecule has 0 spiro atoms. The molecule has 0 radical (unpaired) electrons. The molecule has 0 unspecified atom stereocenters. The maximum absolute atomic E-state index is 13.7. The van der Waals surface area contributed by atoms with Crippen LogP contribution in [0.15, 0.2) is 12.1 Å². The first kappa shape index (κ1) is 14.2. The van der Waals surface area contributed by atoms with E-state index in [2.05, 4.69) is 0 Å². The Bertz CT molecular complexity index is 459. The number of rotatable bonds is 2. The van der Waals surface area contributed by atoms with Gasteiger partial charge < -0.3 is 5.11 Å². The molecule has 1 nitrogen and oxygen atoms in total. The van der Waals surface area contributed by atoms with Gasteiger partial charge in [-0.2, -0.15) is 4.39 Å². The molecule has 106 valence electrons. The molecule has 2 rings (SSSR count). The third-order valence-corrected chi connectivity index (χ3v) is 3.98. The van der Waals surface area contributed by atoms with E-state index in [4.69, 9.17) is 5.11 Å². The summed E-state index contributed by atoms with van der Waals surface area (Å²) < 4.78 is 53.3. The minimum Gasteiger partial charge on any atom is -0.505 e. The molecule has 1 saturated carbocycles. The number of phenolic OH excluding ortho intramolecular Hbond substituents is 1. The molecule has 1 aromatic rings. The number of halogens is 4. The van der Waals surface area contributed by atoms with Gasteiger partial charge in [0.15, 0.2) is 11.6 Å². The van der Waals surface area contributed by atoms with Crippen LogP contribution in [-0.4, -0.2) is 11.0 Å². The predicted molar refractivity (Wildman–Crippen MR) is 63.3 cm³/mol. The van der Waals surface area contributed by atoms with E-state index in [1.54, 1.807) is 0 Å². The number of phenols is 1. The number of hydrogen-bond donors (Lipinski definition) is 1. The standard InChI is InChI=1S/C14H16F4O/c1-14(17,18)9-4-2-8(3-5-9)10-6-7-11(19)13(16)12(10)15/h6-9,19H,2-5H2,1H3. The Morgan fingerprint density at radius 2 is 1.63 bits per heavy atom. The molecular weight excluding hydrogens is 260 g/mol. The van der Waals surface area contributed by atoms with Crippen molar-refractivity contribution in [2.45, 2.75) is 44.4 Å². The second-order valence-corrected chi connectivity index (χ2v) is 5.31. The van der Waals surface area contributed by atoms with E-state index >= 15 is 0 Å². The summed E-state index contributed by atoms with van der Waals surface area (Å²) >= 11 is 0. The average Bonchev–Trinajstić information content (AvgIpc) is 2.35. The van der Waals surface area contributed by atoms with Gasteiger partial charge in [-0.3, -0.25) is 0 Å². The zero-order valence-corrected chi connectivity index (χ0v) is 10.6. The van der Waals surface area contributed by atoms with E-state index in [1.807, 2.05) is 0 Å². The minimum absolute atomic E-state index is 0.174. The summed E-state index contributed by atoms with van der Waals surface area (Å²) in [6.07, 6.45) is 1.43. The summed E-state index contributed by atoms with van der Waals surface area (Å²) in [6.45, 7) is 0.902. The Labute approximate surface area is 109 Å². The van der Waals surface area contributed by atoms with Crippen molar-refractivity contribution in [3.63, 3.8) is 0 Å². The molecule has 0 bridgehead atoms. The Hall–Kier alpha value is -1.26. The summed E-state index contributed by atoms with van der Waals surface area (Å²) in [7, 11) is 0. The van der Waals surface area contributed by atoms with Crippen molar-refractivity contribution in [1.29, 1.82) is 0 Å². The second-order valence-electron chi connectivity index (χ2n) is 5.31. The van der Waals surface area contributed by atoms with Crippen LogP contribution in [0.4, 0.5) is 17.6 Å². The zero-order valence-electron chi connectivity index (χ0n) is 10.6. The van der Waals surface area contributed by atoms with Crippen LogP contribution in [0.1, 0.15) is 44.1 Å². The molecule has 19 heavy (non-hydrogen) atoms. The van der Waals surface area contributed by atoms with Crippen LogP contribution < -0.4 is 0 Å². The van der Waals surface area contributed by atoms with Crippen molar-refractivity contribution in [3.8, 4) is 5.75 Å². The highest BCUT2D eigenvalue weighted by molar-refractivity contribution is 5.32. The minimum atomic E-state index is -2.72. The van der Waals surface area contributed by atoms with Gasteiger partial charge in [0, 0.05) is 5.92 Å². The van der Waals surface area contributed by atoms with E-state index in [9.17, 15) is 17.6 Å². The Morgan fingerprint density at radius 3 is 2.16 bits per heavy atom. The summed E-state index contributed by atoms with van der Waals surface area (Å²) in [5.74, 6) is -6.71. The molecule has 1 aromatic carbocycles. The van der Waals surface area contributed by atoms with Gasteiger partial charge in [0.05, 0.1) is 0 Å². The number of hydrogen-bond acceptors (Lipinski definition) is 1. The Morgan fingerprint density at radius 1 is 1.05 bits per heavy atom. The van der Waals surface area contributed by atoms with Gasteiger partial charge in [0.2, 0.25) is 11.7 Å². The molecule has 0 saturated heterocycles. The molecule has 0 atom stereocenters. The lowest BCUT2D eigenvalue weighted by atomic mass is 9.76. The highest BCUT2D eigenvalue weighted by Gasteiger charge is 2.37. The van der Waals surface area contributed by atoms with Crippen LogP contribution >= 0.6 is 0 Å². The fraction of sp³-hybridized carbons (Fsp3) is 0.571. The normalized spacial score (nSPS) is 24.5. The van der Waals surface area contributed by atoms with E-state index in [1.165, 1.54) is 6.07 Å². The van der Waals surface area contributed by atoms with Gasteiger partial charge in [-0.1, -0.05) is 6.07 Å². The lowest BCUT2D eigenvalue weighted by molar-refractivity contribution is -0.0547. The third kappa shape index (κ3) is 2.85. The van der Waals surface area contributed by atoms with Gasteiger partial charge in [0.25, 0.3) is 0 Å². The fourth-order valence-electron chi connectivity index (χ4n) is 2.78. The van der Waals surface area contributed by atoms with Gasteiger partial charge in [-0.25, -0.2) is 13.2 Å². The molecular formula is C14H16F4O. The number of alkyl halides is 2. The van der Waals surface area contributed by atoms with Gasteiger partial charge in [0.1, 0.15) is 0 Å². The van der Waals surface area contributed by atoms with E-state index in [0.29, 0.717) is 25.7 Å².